The minimum atomic E-state index is -0.300. The van der Waals surface area contributed by atoms with Crippen molar-refractivity contribution in [3.05, 3.63) is 34.6 Å². The highest BCUT2D eigenvalue weighted by Gasteiger charge is 2.45. The van der Waals surface area contributed by atoms with Crippen LogP contribution in [0.1, 0.15) is 31.2 Å². The number of aliphatic imine (C=N–C) groups is 1. The fourth-order valence-corrected chi connectivity index (χ4v) is 2.94. The van der Waals surface area contributed by atoms with E-state index in [2.05, 4.69) is 4.99 Å². The van der Waals surface area contributed by atoms with Crippen molar-refractivity contribution < 1.29 is 4.39 Å². The van der Waals surface area contributed by atoms with Gasteiger partial charge in [-0.2, -0.15) is 0 Å². The van der Waals surface area contributed by atoms with Crippen LogP contribution in [0, 0.1) is 5.82 Å². The van der Waals surface area contributed by atoms with E-state index < -0.39 is 0 Å². The van der Waals surface area contributed by atoms with Gasteiger partial charge in [-0.1, -0.05) is 17.7 Å². The standard InChI is InChI=1S/C15H19ClFN3.HI/c1-20(11-3-4-11)14(18)19-9-15(6-7-15)12-5-2-10(17)8-13(12)16;/h2,5,8,11H,3-4,6-7,9H2,1H3,(H2,18,19);1H. The number of rotatable bonds is 4. The summed E-state index contributed by atoms with van der Waals surface area (Å²) < 4.78 is 13.1. The third-order valence-corrected chi connectivity index (χ3v) is 4.67. The molecule has 0 radical (unpaired) electrons. The van der Waals surface area contributed by atoms with Crippen LogP contribution in [-0.2, 0) is 5.41 Å². The molecule has 1 aromatic rings. The highest BCUT2D eigenvalue weighted by atomic mass is 127. The van der Waals surface area contributed by atoms with Gasteiger partial charge in [0.25, 0.3) is 0 Å². The Balaban J connectivity index is 0.00000161. The molecule has 116 valence electrons. The molecule has 0 unspecified atom stereocenters. The third kappa shape index (κ3) is 3.62. The first kappa shape index (κ1) is 16.8. The molecule has 3 rings (SSSR count). The summed E-state index contributed by atoms with van der Waals surface area (Å²) in [5, 5.41) is 0.492. The van der Waals surface area contributed by atoms with Crippen LogP contribution in [-0.4, -0.2) is 30.5 Å². The van der Waals surface area contributed by atoms with E-state index in [0.29, 0.717) is 23.6 Å². The number of guanidine groups is 1. The lowest BCUT2D eigenvalue weighted by molar-refractivity contribution is 0.485. The van der Waals surface area contributed by atoms with Crippen molar-refractivity contribution in [2.24, 2.45) is 10.7 Å². The second kappa shape index (κ2) is 6.28. The molecule has 0 heterocycles. The number of benzene rings is 1. The minimum Gasteiger partial charge on any atom is -0.370 e. The molecule has 0 spiro atoms. The average Bonchev–Trinajstić information content (AvgIpc) is 3.28. The van der Waals surface area contributed by atoms with Crippen LogP contribution in [0.2, 0.25) is 5.02 Å². The molecular weight excluding hydrogens is 404 g/mol. The molecule has 0 atom stereocenters. The summed E-state index contributed by atoms with van der Waals surface area (Å²) in [6.45, 7) is 0.626. The maximum absolute atomic E-state index is 13.1. The molecule has 2 saturated carbocycles. The second-order valence-corrected chi connectivity index (χ2v) is 6.33. The van der Waals surface area contributed by atoms with Crippen molar-refractivity contribution in [1.29, 1.82) is 0 Å². The summed E-state index contributed by atoms with van der Waals surface area (Å²) in [5.41, 5.74) is 6.97. The van der Waals surface area contributed by atoms with E-state index in [1.165, 1.54) is 25.0 Å². The molecule has 2 fully saturated rings. The van der Waals surface area contributed by atoms with E-state index in [1.807, 2.05) is 11.9 Å². The van der Waals surface area contributed by atoms with Gasteiger partial charge in [0.2, 0.25) is 0 Å². The Bertz CT molecular complexity index is 556. The number of halogens is 3. The highest BCUT2D eigenvalue weighted by Crippen LogP contribution is 2.50. The number of hydrogen-bond acceptors (Lipinski definition) is 1. The highest BCUT2D eigenvalue weighted by molar-refractivity contribution is 14.0. The van der Waals surface area contributed by atoms with Gasteiger partial charge >= 0.3 is 0 Å². The monoisotopic (exact) mass is 423 g/mol. The van der Waals surface area contributed by atoms with Gasteiger partial charge in [0.1, 0.15) is 5.82 Å². The number of hydrogen-bond donors (Lipinski definition) is 1. The van der Waals surface area contributed by atoms with Crippen LogP contribution in [0.3, 0.4) is 0 Å². The first-order valence-electron chi connectivity index (χ1n) is 7.00. The van der Waals surface area contributed by atoms with Crippen molar-refractivity contribution in [2.75, 3.05) is 13.6 Å². The smallest absolute Gasteiger partial charge is 0.191 e. The molecule has 0 aromatic heterocycles. The zero-order valence-electron chi connectivity index (χ0n) is 12.0. The molecule has 2 aliphatic carbocycles. The van der Waals surface area contributed by atoms with Gasteiger partial charge in [-0.05, 0) is 43.4 Å². The molecule has 0 amide bonds. The van der Waals surface area contributed by atoms with Crippen LogP contribution in [0.4, 0.5) is 4.39 Å². The molecular formula is C15H20ClFIN3. The molecule has 0 bridgehead atoms. The predicted octanol–water partition coefficient (Wildman–Crippen LogP) is 3.54. The molecule has 6 heteroatoms. The third-order valence-electron chi connectivity index (χ3n) is 4.36. The fourth-order valence-electron chi connectivity index (χ4n) is 2.58. The summed E-state index contributed by atoms with van der Waals surface area (Å²) in [7, 11) is 1.99. The van der Waals surface area contributed by atoms with E-state index in [9.17, 15) is 4.39 Å². The number of nitrogens with zero attached hydrogens (tertiary/aromatic N) is 2. The summed E-state index contributed by atoms with van der Waals surface area (Å²) in [6, 6.07) is 5.18. The average molecular weight is 424 g/mol. The topological polar surface area (TPSA) is 41.6 Å². The Labute approximate surface area is 146 Å². The van der Waals surface area contributed by atoms with Crippen molar-refractivity contribution in [2.45, 2.75) is 37.1 Å². The molecule has 2 aliphatic rings. The Morgan fingerprint density at radius 2 is 2.14 bits per heavy atom. The quantitative estimate of drug-likeness (QED) is 0.457. The van der Waals surface area contributed by atoms with Crippen LogP contribution < -0.4 is 5.73 Å². The Morgan fingerprint density at radius 1 is 1.48 bits per heavy atom. The maximum atomic E-state index is 13.1. The van der Waals surface area contributed by atoms with Crippen molar-refractivity contribution in [3.63, 3.8) is 0 Å². The Hall–Kier alpha value is -0.560. The lowest BCUT2D eigenvalue weighted by atomic mass is 9.96. The Kier molecular flexibility index (Phi) is 5.03. The van der Waals surface area contributed by atoms with Crippen LogP contribution >= 0.6 is 35.6 Å². The molecule has 1 aromatic carbocycles. The maximum Gasteiger partial charge on any atom is 0.191 e. The largest absolute Gasteiger partial charge is 0.370 e. The van der Waals surface area contributed by atoms with Gasteiger partial charge in [0.15, 0.2) is 5.96 Å². The van der Waals surface area contributed by atoms with Gasteiger partial charge < -0.3 is 10.6 Å². The normalized spacial score (nSPS) is 19.9. The predicted molar refractivity (Wildman–Crippen MR) is 95.0 cm³/mol. The van der Waals surface area contributed by atoms with Gasteiger partial charge in [-0.3, -0.25) is 4.99 Å². The van der Waals surface area contributed by atoms with Crippen molar-refractivity contribution in [3.8, 4) is 0 Å². The van der Waals surface area contributed by atoms with Gasteiger partial charge in [0.05, 0.1) is 6.54 Å². The van der Waals surface area contributed by atoms with Gasteiger partial charge in [0, 0.05) is 23.5 Å². The summed E-state index contributed by atoms with van der Waals surface area (Å²) in [5.74, 6) is 0.294. The zero-order chi connectivity index (χ0) is 14.3. The van der Waals surface area contributed by atoms with E-state index in [-0.39, 0.29) is 35.2 Å². The molecule has 0 saturated heterocycles. The SMILES string of the molecule is CN(C(N)=NCC1(c2ccc(F)cc2Cl)CC1)C1CC1.I. The van der Waals surface area contributed by atoms with Crippen molar-refractivity contribution >= 4 is 41.5 Å². The minimum absolute atomic E-state index is 0. The van der Waals surface area contributed by atoms with Crippen molar-refractivity contribution in [1.82, 2.24) is 4.90 Å². The lowest BCUT2D eigenvalue weighted by Gasteiger charge is -2.19. The van der Waals surface area contributed by atoms with Crippen LogP contribution in [0.15, 0.2) is 23.2 Å². The van der Waals surface area contributed by atoms with Gasteiger partial charge in [-0.15, -0.1) is 24.0 Å². The van der Waals surface area contributed by atoms with E-state index in [4.69, 9.17) is 17.3 Å². The van der Waals surface area contributed by atoms with E-state index in [0.717, 1.165) is 18.4 Å². The summed E-state index contributed by atoms with van der Waals surface area (Å²) in [4.78, 5) is 6.57. The fraction of sp³-hybridized carbons (Fsp3) is 0.533. The van der Waals surface area contributed by atoms with Gasteiger partial charge in [-0.25, -0.2) is 4.39 Å². The number of nitrogens with two attached hydrogens (primary N) is 1. The van der Waals surface area contributed by atoms with E-state index >= 15 is 0 Å². The molecule has 21 heavy (non-hydrogen) atoms. The Morgan fingerprint density at radius 3 is 2.67 bits per heavy atom. The lowest BCUT2D eigenvalue weighted by Crippen LogP contribution is -2.36. The zero-order valence-corrected chi connectivity index (χ0v) is 15.1. The van der Waals surface area contributed by atoms with Crippen LogP contribution in [0.25, 0.3) is 0 Å². The first-order valence-corrected chi connectivity index (χ1v) is 7.38. The summed E-state index contributed by atoms with van der Waals surface area (Å²) in [6.07, 6.45) is 4.45. The molecule has 0 aliphatic heterocycles. The van der Waals surface area contributed by atoms with Crippen LogP contribution in [0.5, 0.6) is 0 Å². The first-order chi connectivity index (χ1) is 9.52. The molecule has 2 N–H and O–H groups in total. The molecule has 3 nitrogen and oxygen atoms in total. The summed E-state index contributed by atoms with van der Waals surface area (Å²) >= 11 is 6.16. The second-order valence-electron chi connectivity index (χ2n) is 5.92. The van der Waals surface area contributed by atoms with E-state index in [1.54, 1.807) is 6.07 Å².